The molecule has 1 aliphatic rings. The Morgan fingerprint density at radius 3 is 2.71 bits per heavy atom. The average molecular weight is 233 g/mol. The molecule has 2 rings (SSSR count). The summed E-state index contributed by atoms with van der Waals surface area (Å²) in [4.78, 5) is 7.04. The van der Waals surface area contributed by atoms with E-state index in [-0.39, 0.29) is 12.1 Å². The summed E-state index contributed by atoms with van der Waals surface area (Å²) in [6.45, 7) is 5.43. The second-order valence-electron chi connectivity index (χ2n) is 5.03. The van der Waals surface area contributed by atoms with E-state index in [1.165, 1.54) is 19.3 Å². The van der Waals surface area contributed by atoms with Crippen molar-refractivity contribution in [3.8, 4) is 0 Å². The maximum absolute atomic E-state index is 6.18. The van der Waals surface area contributed by atoms with Crippen molar-refractivity contribution >= 4 is 0 Å². The smallest absolute Gasteiger partial charge is 0.0673 e. The van der Waals surface area contributed by atoms with Crippen LogP contribution in [0.4, 0.5) is 0 Å². The van der Waals surface area contributed by atoms with Gasteiger partial charge in [-0.15, -0.1) is 0 Å². The average Bonchev–Trinajstić information content (AvgIpc) is 3.13. The number of rotatable bonds is 6. The number of hydrogen-bond donors (Lipinski definition) is 1. The van der Waals surface area contributed by atoms with Crippen LogP contribution in [-0.2, 0) is 0 Å². The Bertz CT molecular complexity index is 333. The predicted molar refractivity (Wildman–Crippen MR) is 70.6 cm³/mol. The van der Waals surface area contributed by atoms with Crippen LogP contribution in [0.25, 0.3) is 0 Å². The maximum Gasteiger partial charge on any atom is 0.0673 e. The van der Waals surface area contributed by atoms with Gasteiger partial charge in [-0.05, 0) is 44.9 Å². The highest BCUT2D eigenvalue weighted by atomic mass is 15.2. The molecule has 94 valence electrons. The second kappa shape index (κ2) is 5.61. The van der Waals surface area contributed by atoms with Gasteiger partial charge in [0.1, 0.15) is 0 Å². The third-order valence-corrected chi connectivity index (χ3v) is 3.34. The first kappa shape index (κ1) is 12.5. The lowest BCUT2D eigenvalue weighted by Crippen LogP contribution is -2.41. The van der Waals surface area contributed by atoms with E-state index in [1.807, 2.05) is 12.3 Å². The van der Waals surface area contributed by atoms with E-state index < -0.39 is 0 Å². The van der Waals surface area contributed by atoms with Gasteiger partial charge >= 0.3 is 0 Å². The highest BCUT2D eigenvalue weighted by Crippen LogP contribution is 2.35. The van der Waals surface area contributed by atoms with Crippen molar-refractivity contribution < 1.29 is 0 Å². The highest BCUT2D eigenvalue weighted by molar-refractivity contribution is 5.12. The molecule has 0 spiro atoms. The van der Waals surface area contributed by atoms with E-state index in [0.29, 0.717) is 0 Å². The molecular formula is C14H23N3. The first-order chi connectivity index (χ1) is 8.24. The summed E-state index contributed by atoms with van der Waals surface area (Å²) < 4.78 is 0. The van der Waals surface area contributed by atoms with Gasteiger partial charge < -0.3 is 5.73 Å². The van der Waals surface area contributed by atoms with Crippen molar-refractivity contribution in [3.63, 3.8) is 0 Å². The molecule has 0 radical (unpaired) electrons. The van der Waals surface area contributed by atoms with Crippen molar-refractivity contribution in [2.24, 2.45) is 5.73 Å². The summed E-state index contributed by atoms with van der Waals surface area (Å²) >= 11 is 0. The van der Waals surface area contributed by atoms with Crippen LogP contribution >= 0.6 is 0 Å². The van der Waals surface area contributed by atoms with Crippen molar-refractivity contribution in [3.05, 3.63) is 30.1 Å². The Morgan fingerprint density at radius 1 is 1.47 bits per heavy atom. The zero-order valence-electron chi connectivity index (χ0n) is 10.8. The minimum atomic E-state index is 0.122. The summed E-state index contributed by atoms with van der Waals surface area (Å²) in [5.41, 5.74) is 7.30. The third kappa shape index (κ3) is 3.05. The van der Waals surface area contributed by atoms with Crippen LogP contribution in [0.15, 0.2) is 24.4 Å². The fraction of sp³-hybridized carbons (Fsp3) is 0.643. The van der Waals surface area contributed by atoms with Crippen LogP contribution in [0.2, 0.25) is 0 Å². The minimum absolute atomic E-state index is 0.122. The standard InChI is InChI=1S/C14H23N3/c1-3-10-17(12-7-8-12)14(11(2)15)13-6-4-5-9-16-13/h4-6,9,11-12,14H,3,7-8,10,15H2,1-2H3. The Kier molecular flexibility index (Phi) is 4.13. The highest BCUT2D eigenvalue weighted by Gasteiger charge is 2.36. The van der Waals surface area contributed by atoms with Gasteiger partial charge in [0.05, 0.1) is 11.7 Å². The monoisotopic (exact) mass is 233 g/mol. The molecule has 2 unspecified atom stereocenters. The molecule has 0 aromatic carbocycles. The molecule has 2 N–H and O–H groups in total. The van der Waals surface area contributed by atoms with Crippen molar-refractivity contribution in [2.45, 2.75) is 51.2 Å². The zero-order chi connectivity index (χ0) is 12.3. The Labute approximate surface area is 104 Å². The van der Waals surface area contributed by atoms with E-state index >= 15 is 0 Å². The topological polar surface area (TPSA) is 42.2 Å². The molecule has 1 fully saturated rings. The van der Waals surface area contributed by atoms with Gasteiger partial charge in [-0.3, -0.25) is 9.88 Å². The molecule has 0 aliphatic heterocycles. The molecule has 1 aromatic rings. The van der Waals surface area contributed by atoms with Crippen molar-refractivity contribution in [1.29, 1.82) is 0 Å². The zero-order valence-corrected chi connectivity index (χ0v) is 10.8. The lowest BCUT2D eigenvalue weighted by atomic mass is 10.0. The molecular weight excluding hydrogens is 210 g/mol. The molecule has 1 aromatic heterocycles. The lowest BCUT2D eigenvalue weighted by molar-refractivity contribution is 0.163. The van der Waals surface area contributed by atoms with E-state index in [2.05, 4.69) is 35.9 Å². The van der Waals surface area contributed by atoms with Crippen molar-refractivity contribution in [2.75, 3.05) is 6.54 Å². The minimum Gasteiger partial charge on any atom is -0.326 e. The lowest BCUT2D eigenvalue weighted by Gasteiger charge is -2.33. The fourth-order valence-electron chi connectivity index (χ4n) is 2.51. The van der Waals surface area contributed by atoms with Crippen LogP contribution < -0.4 is 5.73 Å². The second-order valence-corrected chi connectivity index (χ2v) is 5.03. The molecule has 0 saturated heterocycles. The number of nitrogens with zero attached hydrogens (tertiary/aromatic N) is 2. The predicted octanol–water partition coefficient (Wildman–Crippen LogP) is 2.34. The van der Waals surface area contributed by atoms with E-state index in [4.69, 9.17) is 5.73 Å². The molecule has 0 bridgehead atoms. The van der Waals surface area contributed by atoms with Crippen molar-refractivity contribution in [1.82, 2.24) is 9.88 Å². The van der Waals surface area contributed by atoms with E-state index in [0.717, 1.165) is 18.3 Å². The number of pyridine rings is 1. The quantitative estimate of drug-likeness (QED) is 0.820. The SMILES string of the molecule is CCCN(C1CC1)C(c1ccccn1)C(C)N. The molecule has 1 saturated carbocycles. The first-order valence-corrected chi connectivity index (χ1v) is 6.66. The van der Waals surface area contributed by atoms with Crippen LogP contribution in [0, 0.1) is 0 Å². The van der Waals surface area contributed by atoms with Gasteiger partial charge in [0.2, 0.25) is 0 Å². The maximum atomic E-state index is 6.18. The van der Waals surface area contributed by atoms with Gasteiger partial charge in [-0.1, -0.05) is 13.0 Å². The van der Waals surface area contributed by atoms with Crippen LogP contribution in [-0.4, -0.2) is 28.5 Å². The molecule has 17 heavy (non-hydrogen) atoms. The molecule has 3 nitrogen and oxygen atoms in total. The molecule has 1 aliphatic carbocycles. The fourth-order valence-corrected chi connectivity index (χ4v) is 2.51. The molecule has 0 amide bonds. The van der Waals surface area contributed by atoms with Gasteiger partial charge in [0.15, 0.2) is 0 Å². The van der Waals surface area contributed by atoms with E-state index in [9.17, 15) is 0 Å². The largest absolute Gasteiger partial charge is 0.326 e. The molecule has 1 heterocycles. The van der Waals surface area contributed by atoms with Crippen LogP contribution in [0.1, 0.15) is 44.8 Å². The van der Waals surface area contributed by atoms with Gasteiger partial charge in [0, 0.05) is 18.3 Å². The third-order valence-electron chi connectivity index (χ3n) is 3.34. The van der Waals surface area contributed by atoms with Gasteiger partial charge in [-0.25, -0.2) is 0 Å². The molecule has 2 atom stereocenters. The van der Waals surface area contributed by atoms with Crippen LogP contribution in [0.3, 0.4) is 0 Å². The van der Waals surface area contributed by atoms with Gasteiger partial charge in [0.25, 0.3) is 0 Å². The van der Waals surface area contributed by atoms with E-state index in [1.54, 1.807) is 0 Å². The Hall–Kier alpha value is -0.930. The number of nitrogens with two attached hydrogens (primary N) is 1. The van der Waals surface area contributed by atoms with Gasteiger partial charge in [-0.2, -0.15) is 0 Å². The first-order valence-electron chi connectivity index (χ1n) is 6.66. The van der Waals surface area contributed by atoms with Crippen LogP contribution in [0.5, 0.6) is 0 Å². The summed E-state index contributed by atoms with van der Waals surface area (Å²) in [6.07, 6.45) is 5.67. The summed E-state index contributed by atoms with van der Waals surface area (Å²) in [5, 5.41) is 0. The normalized spacial score (nSPS) is 19.3. The summed E-state index contributed by atoms with van der Waals surface area (Å²) in [7, 11) is 0. The number of aromatic nitrogens is 1. The Balaban J connectivity index is 2.20. The number of hydrogen-bond acceptors (Lipinski definition) is 3. The summed E-state index contributed by atoms with van der Waals surface area (Å²) in [6, 6.07) is 7.23. The summed E-state index contributed by atoms with van der Waals surface area (Å²) in [5.74, 6) is 0. The Morgan fingerprint density at radius 2 is 2.24 bits per heavy atom. The molecule has 3 heteroatoms.